The second-order valence-corrected chi connectivity index (χ2v) is 3.43. The Morgan fingerprint density at radius 2 is 2.38 bits per heavy atom. The molecule has 0 saturated heterocycles. The fourth-order valence-corrected chi connectivity index (χ4v) is 2.73. The lowest BCUT2D eigenvalue weighted by molar-refractivity contribution is -0.121. The molecule has 3 fully saturated rings. The van der Waals surface area contributed by atoms with Crippen LogP contribution in [0.2, 0.25) is 0 Å². The van der Waals surface area contributed by atoms with E-state index in [1.807, 2.05) is 0 Å². The first-order valence-electron chi connectivity index (χ1n) is 3.40. The number of carbonyl (C=O) groups is 1. The lowest BCUT2D eigenvalue weighted by Gasteiger charge is -2.22. The Morgan fingerprint density at radius 3 is 2.62 bits per heavy atom. The molecule has 3 aliphatic carbocycles. The molecule has 0 aliphatic heterocycles. The highest BCUT2D eigenvalue weighted by molar-refractivity contribution is 5.89. The van der Waals surface area contributed by atoms with Crippen LogP contribution in [0.1, 0.15) is 12.8 Å². The van der Waals surface area contributed by atoms with Gasteiger partial charge in [0, 0.05) is 12.3 Å². The first-order chi connectivity index (χ1) is 3.88. The Morgan fingerprint density at radius 1 is 1.50 bits per heavy atom. The molecular weight excluding hydrogens is 100 g/mol. The zero-order chi connectivity index (χ0) is 5.30. The molecule has 8 heavy (non-hydrogen) atoms. The van der Waals surface area contributed by atoms with Gasteiger partial charge in [0.25, 0.3) is 0 Å². The summed E-state index contributed by atoms with van der Waals surface area (Å²) in [6.45, 7) is 0. The Balaban J connectivity index is 2.09. The summed E-state index contributed by atoms with van der Waals surface area (Å²) in [5.41, 5.74) is 0. The maximum atomic E-state index is 10.9. The summed E-state index contributed by atoms with van der Waals surface area (Å²) in [6.07, 6.45) is 2.33. The number of fused-ring (bicyclic) bond motifs is 1. The van der Waals surface area contributed by atoms with Crippen LogP contribution in [0.25, 0.3) is 0 Å². The molecule has 42 valence electrons. The maximum Gasteiger partial charge on any atom is 0.136 e. The van der Waals surface area contributed by atoms with Gasteiger partial charge in [-0.25, -0.2) is 0 Å². The van der Waals surface area contributed by atoms with Crippen LogP contribution in [0, 0.1) is 23.7 Å². The monoisotopic (exact) mass is 108 g/mol. The van der Waals surface area contributed by atoms with Crippen LogP contribution in [0.5, 0.6) is 0 Å². The molecule has 0 aromatic rings. The van der Waals surface area contributed by atoms with Crippen LogP contribution in [-0.4, -0.2) is 5.78 Å². The topological polar surface area (TPSA) is 17.1 Å². The van der Waals surface area contributed by atoms with Crippen LogP contribution in [-0.2, 0) is 4.79 Å². The average Bonchev–Trinajstić information content (AvgIpc) is 2.20. The Kier molecular flexibility index (Phi) is 0.352. The van der Waals surface area contributed by atoms with Crippen molar-refractivity contribution in [2.75, 3.05) is 0 Å². The summed E-state index contributed by atoms with van der Waals surface area (Å²) in [5, 5.41) is 0. The Hall–Kier alpha value is -0.330. The van der Waals surface area contributed by atoms with Crippen LogP contribution in [0.3, 0.4) is 0 Å². The predicted octanol–water partition coefficient (Wildman–Crippen LogP) is 0.841. The van der Waals surface area contributed by atoms with Crippen LogP contribution < -0.4 is 0 Å². The molecule has 3 rings (SSSR count). The number of hydrogen-bond acceptors (Lipinski definition) is 1. The van der Waals surface area contributed by atoms with E-state index in [9.17, 15) is 4.79 Å². The number of carbonyl (C=O) groups excluding carboxylic acids is 1. The summed E-state index contributed by atoms with van der Waals surface area (Å²) in [6, 6.07) is 0. The van der Waals surface area contributed by atoms with Gasteiger partial charge in [-0.3, -0.25) is 4.79 Å². The van der Waals surface area contributed by atoms with E-state index in [0.29, 0.717) is 11.7 Å². The molecule has 0 radical (unpaired) electrons. The van der Waals surface area contributed by atoms with E-state index < -0.39 is 0 Å². The minimum Gasteiger partial charge on any atom is -0.299 e. The van der Waals surface area contributed by atoms with Gasteiger partial charge in [-0.2, -0.15) is 0 Å². The maximum absolute atomic E-state index is 10.9. The zero-order valence-corrected chi connectivity index (χ0v) is 4.63. The third kappa shape index (κ3) is 0.188. The smallest absolute Gasteiger partial charge is 0.136 e. The van der Waals surface area contributed by atoms with Crippen molar-refractivity contribution in [1.29, 1.82) is 0 Å². The molecular formula is C7H8O. The molecule has 1 heteroatoms. The van der Waals surface area contributed by atoms with Crippen LogP contribution in [0.15, 0.2) is 0 Å². The van der Waals surface area contributed by atoms with Crippen LogP contribution in [0.4, 0.5) is 0 Å². The lowest BCUT2D eigenvalue weighted by atomic mass is 9.82. The molecule has 0 amide bonds. The number of Topliss-reactive ketones (excluding diaryl/α,β-unsaturated/α-hetero) is 1. The fraction of sp³-hybridized carbons (Fsp3) is 0.857. The van der Waals surface area contributed by atoms with Gasteiger partial charge in [0.15, 0.2) is 0 Å². The minimum absolute atomic E-state index is 0.580. The van der Waals surface area contributed by atoms with E-state index >= 15 is 0 Å². The normalized spacial score (nSPS) is 64.8. The van der Waals surface area contributed by atoms with Crippen molar-refractivity contribution in [3.8, 4) is 0 Å². The van der Waals surface area contributed by atoms with Gasteiger partial charge in [-0.15, -0.1) is 0 Å². The molecule has 0 N–H and O–H groups in total. The summed E-state index contributed by atoms with van der Waals surface area (Å²) in [5.74, 6) is 3.82. The molecule has 1 nitrogen and oxygen atoms in total. The second-order valence-electron chi connectivity index (χ2n) is 3.43. The summed E-state index contributed by atoms with van der Waals surface area (Å²) >= 11 is 0. The molecule has 0 aromatic heterocycles. The summed E-state index contributed by atoms with van der Waals surface area (Å²) < 4.78 is 0. The summed E-state index contributed by atoms with van der Waals surface area (Å²) in [7, 11) is 0. The SMILES string of the molecule is O=C1C[C@H]2CC3C1C32. The Bertz CT molecular complexity index is 173. The van der Waals surface area contributed by atoms with E-state index in [2.05, 4.69) is 0 Å². The second kappa shape index (κ2) is 0.772. The molecule has 0 aromatic carbocycles. The molecule has 3 aliphatic rings. The van der Waals surface area contributed by atoms with Gasteiger partial charge < -0.3 is 0 Å². The zero-order valence-electron chi connectivity index (χ0n) is 4.63. The lowest BCUT2D eigenvalue weighted by Crippen LogP contribution is -2.18. The molecule has 4 atom stereocenters. The number of ketones is 1. The fourth-order valence-electron chi connectivity index (χ4n) is 2.73. The molecule has 0 bridgehead atoms. The Labute approximate surface area is 48.1 Å². The van der Waals surface area contributed by atoms with Crippen LogP contribution >= 0.6 is 0 Å². The van der Waals surface area contributed by atoms with Gasteiger partial charge in [0.1, 0.15) is 5.78 Å². The van der Waals surface area contributed by atoms with Crippen molar-refractivity contribution in [3.63, 3.8) is 0 Å². The number of rotatable bonds is 0. The standard InChI is InChI=1S/C7H8O/c8-5-2-3-1-4-6(3)7(4)5/h3-4,6-7H,1-2H2/t3-,4?,6?,7?/m1/s1. The van der Waals surface area contributed by atoms with Gasteiger partial charge in [-0.05, 0) is 24.2 Å². The van der Waals surface area contributed by atoms with E-state index in [0.717, 1.165) is 24.2 Å². The van der Waals surface area contributed by atoms with Crippen molar-refractivity contribution < 1.29 is 4.79 Å². The van der Waals surface area contributed by atoms with Crippen molar-refractivity contribution in [2.24, 2.45) is 23.7 Å². The third-order valence-corrected chi connectivity index (χ3v) is 3.18. The van der Waals surface area contributed by atoms with E-state index in [-0.39, 0.29) is 0 Å². The molecule has 0 spiro atoms. The highest BCUT2D eigenvalue weighted by atomic mass is 16.1. The highest BCUT2D eigenvalue weighted by Gasteiger charge is 2.70. The van der Waals surface area contributed by atoms with Gasteiger partial charge >= 0.3 is 0 Å². The molecule has 3 unspecified atom stereocenters. The quantitative estimate of drug-likeness (QED) is 0.449. The highest BCUT2D eigenvalue weighted by Crippen LogP contribution is 2.71. The minimum atomic E-state index is 0.580. The largest absolute Gasteiger partial charge is 0.299 e. The van der Waals surface area contributed by atoms with Crippen molar-refractivity contribution in [2.45, 2.75) is 12.8 Å². The molecule has 3 saturated carbocycles. The van der Waals surface area contributed by atoms with Crippen molar-refractivity contribution in [3.05, 3.63) is 0 Å². The summed E-state index contributed by atoms with van der Waals surface area (Å²) in [4.78, 5) is 10.9. The first-order valence-corrected chi connectivity index (χ1v) is 3.40. The van der Waals surface area contributed by atoms with Crippen molar-refractivity contribution >= 4 is 5.78 Å². The van der Waals surface area contributed by atoms with E-state index in [1.54, 1.807) is 0 Å². The third-order valence-electron chi connectivity index (χ3n) is 3.18. The average molecular weight is 108 g/mol. The number of hydrogen-bond donors (Lipinski definition) is 0. The van der Waals surface area contributed by atoms with Gasteiger partial charge in [-0.1, -0.05) is 0 Å². The van der Waals surface area contributed by atoms with E-state index in [4.69, 9.17) is 0 Å². The molecule has 0 heterocycles. The first kappa shape index (κ1) is 3.65. The van der Waals surface area contributed by atoms with E-state index in [1.165, 1.54) is 6.42 Å². The predicted molar refractivity (Wildman–Crippen MR) is 28.2 cm³/mol. The van der Waals surface area contributed by atoms with Gasteiger partial charge in [0.2, 0.25) is 0 Å². The van der Waals surface area contributed by atoms with Crippen molar-refractivity contribution in [1.82, 2.24) is 0 Å². The van der Waals surface area contributed by atoms with Gasteiger partial charge in [0.05, 0.1) is 0 Å².